The van der Waals surface area contributed by atoms with Crippen molar-refractivity contribution in [3.63, 3.8) is 0 Å². The minimum atomic E-state index is -3.69. The summed E-state index contributed by atoms with van der Waals surface area (Å²) >= 11 is 1.42. The lowest BCUT2D eigenvalue weighted by molar-refractivity contribution is -0.118. The SMILES string of the molecule is Cc1cc(C)c2nc(SCC(=O)NCCc3ccc(S(N)(=O)=O)cc3)cc(C)c2c1. The van der Waals surface area contributed by atoms with Gasteiger partial charge >= 0.3 is 0 Å². The van der Waals surface area contributed by atoms with E-state index in [1.807, 2.05) is 6.07 Å². The molecule has 0 bridgehead atoms. The number of fused-ring (bicyclic) bond motifs is 1. The van der Waals surface area contributed by atoms with Crippen LogP contribution in [0.3, 0.4) is 0 Å². The first-order chi connectivity index (χ1) is 14.1. The Morgan fingerprint density at radius 3 is 2.43 bits per heavy atom. The van der Waals surface area contributed by atoms with Crippen LogP contribution < -0.4 is 10.5 Å². The normalized spacial score (nSPS) is 11.6. The molecule has 0 spiro atoms. The summed E-state index contributed by atoms with van der Waals surface area (Å²) in [5.41, 5.74) is 5.40. The summed E-state index contributed by atoms with van der Waals surface area (Å²) in [5, 5.41) is 9.96. The quantitative estimate of drug-likeness (QED) is 0.546. The number of sulfonamides is 1. The van der Waals surface area contributed by atoms with Crippen molar-refractivity contribution in [3.05, 3.63) is 64.7 Å². The van der Waals surface area contributed by atoms with E-state index in [2.05, 4.69) is 38.2 Å². The van der Waals surface area contributed by atoms with Gasteiger partial charge in [0, 0.05) is 11.9 Å². The van der Waals surface area contributed by atoms with Crippen LogP contribution in [0.25, 0.3) is 10.9 Å². The Bertz CT molecular complexity index is 1190. The predicted octanol–water partition coefficient (Wildman–Crippen LogP) is 3.26. The average molecular weight is 444 g/mol. The molecule has 0 atom stereocenters. The molecule has 0 fully saturated rings. The van der Waals surface area contributed by atoms with Gasteiger partial charge < -0.3 is 5.32 Å². The zero-order chi connectivity index (χ0) is 21.9. The number of aryl methyl sites for hydroxylation is 3. The van der Waals surface area contributed by atoms with E-state index in [0.717, 1.165) is 32.6 Å². The molecule has 0 saturated carbocycles. The number of nitrogens with one attached hydrogen (secondary N) is 1. The fourth-order valence-corrected chi connectivity index (χ4v) is 4.58. The van der Waals surface area contributed by atoms with Crippen molar-refractivity contribution in [2.24, 2.45) is 5.14 Å². The van der Waals surface area contributed by atoms with E-state index in [-0.39, 0.29) is 16.6 Å². The number of nitrogens with zero attached hydrogens (tertiary/aromatic N) is 1. The lowest BCUT2D eigenvalue weighted by Gasteiger charge is -2.10. The highest BCUT2D eigenvalue weighted by atomic mass is 32.2. The van der Waals surface area contributed by atoms with Crippen molar-refractivity contribution in [3.8, 4) is 0 Å². The largest absolute Gasteiger partial charge is 0.355 e. The van der Waals surface area contributed by atoms with Crippen molar-refractivity contribution in [2.45, 2.75) is 37.1 Å². The highest BCUT2D eigenvalue weighted by molar-refractivity contribution is 7.99. The summed E-state index contributed by atoms with van der Waals surface area (Å²) in [5.74, 6) is 0.217. The number of hydrogen-bond donors (Lipinski definition) is 2. The molecule has 6 nitrogen and oxygen atoms in total. The minimum Gasteiger partial charge on any atom is -0.355 e. The van der Waals surface area contributed by atoms with Crippen LogP contribution in [0.1, 0.15) is 22.3 Å². The Labute approximate surface area is 181 Å². The third-order valence-electron chi connectivity index (χ3n) is 4.77. The van der Waals surface area contributed by atoms with Crippen LogP contribution in [-0.4, -0.2) is 31.6 Å². The monoisotopic (exact) mass is 443 g/mol. The number of carbonyl (C=O) groups excluding carboxylic acids is 1. The fraction of sp³-hybridized carbons (Fsp3) is 0.273. The number of thioether (sulfide) groups is 1. The van der Waals surface area contributed by atoms with Gasteiger partial charge in [0.25, 0.3) is 0 Å². The highest BCUT2D eigenvalue weighted by Gasteiger charge is 2.10. The molecule has 1 amide bonds. The maximum absolute atomic E-state index is 12.2. The molecule has 8 heteroatoms. The zero-order valence-electron chi connectivity index (χ0n) is 17.2. The number of benzene rings is 2. The first-order valence-electron chi connectivity index (χ1n) is 9.53. The predicted molar refractivity (Wildman–Crippen MR) is 121 cm³/mol. The first kappa shape index (κ1) is 22.3. The van der Waals surface area contributed by atoms with Gasteiger partial charge in [-0.25, -0.2) is 18.5 Å². The van der Waals surface area contributed by atoms with E-state index in [1.165, 1.54) is 29.5 Å². The summed E-state index contributed by atoms with van der Waals surface area (Å²) in [6.45, 7) is 6.66. The van der Waals surface area contributed by atoms with Crippen molar-refractivity contribution >= 4 is 38.6 Å². The van der Waals surface area contributed by atoms with Crippen molar-refractivity contribution < 1.29 is 13.2 Å². The van der Waals surface area contributed by atoms with Crippen LogP contribution in [-0.2, 0) is 21.2 Å². The van der Waals surface area contributed by atoms with Crippen LogP contribution >= 0.6 is 11.8 Å². The zero-order valence-corrected chi connectivity index (χ0v) is 18.9. The molecule has 30 heavy (non-hydrogen) atoms. The molecular formula is C22H25N3O3S2. The molecule has 0 aliphatic rings. The Morgan fingerprint density at radius 1 is 1.07 bits per heavy atom. The molecule has 2 aromatic carbocycles. The average Bonchev–Trinajstić information content (AvgIpc) is 2.67. The number of rotatable bonds is 7. The molecule has 3 N–H and O–H groups in total. The Morgan fingerprint density at radius 2 is 1.77 bits per heavy atom. The Hall–Kier alpha value is -2.42. The van der Waals surface area contributed by atoms with Crippen molar-refractivity contribution in [1.29, 1.82) is 0 Å². The number of carbonyl (C=O) groups is 1. The van der Waals surface area contributed by atoms with E-state index >= 15 is 0 Å². The standard InChI is InChI=1S/C22H25N3O3S2/c1-14-10-16(3)22-19(11-14)15(2)12-21(25-22)29-13-20(26)24-9-8-17-4-6-18(7-5-17)30(23,27)28/h4-7,10-12H,8-9,13H2,1-3H3,(H,24,26)(H2,23,27,28). The fourth-order valence-electron chi connectivity index (χ4n) is 3.27. The second-order valence-corrected chi connectivity index (χ2v) is 9.89. The maximum atomic E-state index is 12.2. The summed E-state index contributed by atoms with van der Waals surface area (Å²) in [6, 6.07) is 12.6. The maximum Gasteiger partial charge on any atom is 0.238 e. The smallest absolute Gasteiger partial charge is 0.238 e. The third kappa shape index (κ3) is 5.59. The molecule has 0 unspecified atom stereocenters. The van der Waals surface area contributed by atoms with E-state index in [4.69, 9.17) is 10.1 Å². The number of nitrogens with two attached hydrogens (primary N) is 1. The van der Waals surface area contributed by atoms with E-state index in [9.17, 15) is 13.2 Å². The van der Waals surface area contributed by atoms with Gasteiger partial charge in [-0.2, -0.15) is 0 Å². The molecule has 0 aliphatic carbocycles. The molecule has 158 valence electrons. The number of hydrogen-bond acceptors (Lipinski definition) is 5. The van der Waals surface area contributed by atoms with Gasteiger partial charge in [-0.05, 0) is 68.1 Å². The van der Waals surface area contributed by atoms with Gasteiger partial charge in [0.1, 0.15) is 0 Å². The summed E-state index contributed by atoms with van der Waals surface area (Å²) in [7, 11) is -3.69. The van der Waals surface area contributed by atoms with E-state index < -0.39 is 10.0 Å². The van der Waals surface area contributed by atoms with Crippen molar-refractivity contribution in [2.75, 3.05) is 12.3 Å². The van der Waals surface area contributed by atoms with Gasteiger partial charge in [0.05, 0.1) is 21.2 Å². The molecule has 1 aromatic heterocycles. The number of aromatic nitrogens is 1. The van der Waals surface area contributed by atoms with Crippen LogP contribution in [0.4, 0.5) is 0 Å². The topological polar surface area (TPSA) is 102 Å². The summed E-state index contributed by atoms with van der Waals surface area (Å²) in [6.07, 6.45) is 0.604. The van der Waals surface area contributed by atoms with Gasteiger partial charge in [-0.3, -0.25) is 4.79 Å². The van der Waals surface area contributed by atoms with Crippen molar-refractivity contribution in [1.82, 2.24) is 10.3 Å². The number of amides is 1. The number of primary sulfonamides is 1. The Kier molecular flexibility index (Phi) is 6.80. The van der Waals surface area contributed by atoms with E-state index in [0.29, 0.717) is 13.0 Å². The van der Waals surface area contributed by atoms with Gasteiger partial charge in [-0.1, -0.05) is 35.5 Å². The molecule has 3 aromatic rings. The van der Waals surface area contributed by atoms with Crippen LogP contribution in [0.5, 0.6) is 0 Å². The summed E-state index contributed by atoms with van der Waals surface area (Å²) < 4.78 is 22.6. The second kappa shape index (κ2) is 9.16. The second-order valence-electron chi connectivity index (χ2n) is 7.33. The lowest BCUT2D eigenvalue weighted by atomic mass is 10.0. The molecule has 0 aliphatic heterocycles. The number of pyridine rings is 1. The van der Waals surface area contributed by atoms with E-state index in [1.54, 1.807) is 12.1 Å². The van der Waals surface area contributed by atoms with Gasteiger partial charge in [0.2, 0.25) is 15.9 Å². The minimum absolute atomic E-state index is 0.0682. The lowest BCUT2D eigenvalue weighted by Crippen LogP contribution is -2.27. The third-order valence-corrected chi connectivity index (χ3v) is 6.61. The van der Waals surface area contributed by atoms with Gasteiger partial charge in [0.15, 0.2) is 0 Å². The molecule has 0 saturated heterocycles. The molecule has 3 rings (SSSR count). The van der Waals surface area contributed by atoms with Crippen LogP contribution in [0.2, 0.25) is 0 Å². The molecular weight excluding hydrogens is 418 g/mol. The Balaban J connectivity index is 1.53. The van der Waals surface area contributed by atoms with Gasteiger partial charge in [-0.15, -0.1) is 0 Å². The first-order valence-corrected chi connectivity index (χ1v) is 12.1. The van der Waals surface area contributed by atoms with Crippen LogP contribution in [0, 0.1) is 20.8 Å². The molecule has 0 radical (unpaired) electrons. The molecule has 1 heterocycles. The summed E-state index contributed by atoms with van der Waals surface area (Å²) in [4.78, 5) is 17.0. The highest BCUT2D eigenvalue weighted by Crippen LogP contribution is 2.26. The van der Waals surface area contributed by atoms with Crippen LogP contribution in [0.15, 0.2) is 52.4 Å².